The molecule has 0 spiro atoms. The zero-order chi connectivity index (χ0) is 10.3. The Labute approximate surface area is 90.3 Å². The van der Waals surface area contributed by atoms with Gasteiger partial charge in [-0.1, -0.05) is 42.5 Å². The molecule has 0 aliphatic rings. The van der Waals surface area contributed by atoms with E-state index in [0.29, 0.717) is 0 Å². The van der Waals surface area contributed by atoms with Crippen LogP contribution in [0.4, 0.5) is 0 Å². The van der Waals surface area contributed by atoms with Crippen molar-refractivity contribution < 1.29 is 4.57 Å². The topological polar surface area (TPSA) is 3.88 Å². The molecule has 0 unspecified atom stereocenters. The highest BCUT2D eigenvalue weighted by Crippen LogP contribution is 2.00. The van der Waals surface area contributed by atoms with E-state index in [1.807, 2.05) is 24.3 Å². The standard InChI is InChI=1S/C14H14N/c1-3-8-14(9-4-1)10-7-13-15-11-5-2-6-12-15/h1-12H,13H2/q+1/b10-7+. The van der Waals surface area contributed by atoms with E-state index in [-0.39, 0.29) is 0 Å². The maximum absolute atomic E-state index is 2.16. The molecule has 2 rings (SSSR count). The van der Waals surface area contributed by atoms with Gasteiger partial charge in [0.05, 0.1) is 0 Å². The van der Waals surface area contributed by atoms with Crippen molar-refractivity contribution >= 4 is 6.08 Å². The van der Waals surface area contributed by atoms with Crippen LogP contribution >= 0.6 is 0 Å². The third-order valence-electron chi connectivity index (χ3n) is 2.20. The normalized spacial score (nSPS) is 10.7. The van der Waals surface area contributed by atoms with Crippen molar-refractivity contribution in [1.29, 1.82) is 0 Å². The van der Waals surface area contributed by atoms with Gasteiger partial charge in [-0.2, -0.15) is 0 Å². The molecule has 0 radical (unpaired) electrons. The summed E-state index contributed by atoms with van der Waals surface area (Å²) in [5, 5.41) is 0. The van der Waals surface area contributed by atoms with Gasteiger partial charge < -0.3 is 0 Å². The lowest BCUT2D eigenvalue weighted by Gasteiger charge is -1.91. The monoisotopic (exact) mass is 196 g/mol. The summed E-state index contributed by atoms with van der Waals surface area (Å²) in [6.45, 7) is 0.912. The van der Waals surface area contributed by atoms with Crippen LogP contribution in [0.1, 0.15) is 5.56 Å². The highest BCUT2D eigenvalue weighted by atomic mass is 14.9. The number of allylic oxidation sites excluding steroid dienone is 1. The van der Waals surface area contributed by atoms with Crippen LogP contribution in [0.15, 0.2) is 67.0 Å². The summed E-state index contributed by atoms with van der Waals surface area (Å²) in [5.74, 6) is 0. The number of rotatable bonds is 3. The van der Waals surface area contributed by atoms with Gasteiger partial charge in [0, 0.05) is 12.1 Å². The number of hydrogen-bond donors (Lipinski definition) is 0. The van der Waals surface area contributed by atoms with Gasteiger partial charge in [0.2, 0.25) is 0 Å². The van der Waals surface area contributed by atoms with Crippen molar-refractivity contribution in [2.24, 2.45) is 0 Å². The number of benzene rings is 1. The van der Waals surface area contributed by atoms with E-state index in [9.17, 15) is 0 Å². The Hall–Kier alpha value is -1.89. The van der Waals surface area contributed by atoms with Crippen LogP contribution in [0, 0.1) is 0 Å². The molecule has 15 heavy (non-hydrogen) atoms. The Balaban J connectivity index is 1.97. The van der Waals surface area contributed by atoms with E-state index < -0.39 is 0 Å². The predicted molar refractivity (Wildman–Crippen MR) is 62.1 cm³/mol. The molecular formula is C14H14N+. The quantitative estimate of drug-likeness (QED) is 0.664. The molecule has 1 aromatic heterocycles. The van der Waals surface area contributed by atoms with Gasteiger partial charge in [0.1, 0.15) is 0 Å². The fourth-order valence-corrected chi connectivity index (χ4v) is 1.43. The number of pyridine rings is 1. The summed E-state index contributed by atoms with van der Waals surface area (Å²) >= 11 is 0. The van der Waals surface area contributed by atoms with Crippen molar-refractivity contribution in [2.45, 2.75) is 6.54 Å². The van der Waals surface area contributed by atoms with Crippen LogP contribution in [0.25, 0.3) is 6.08 Å². The van der Waals surface area contributed by atoms with Gasteiger partial charge in [-0.25, -0.2) is 4.57 Å². The molecule has 2 aromatic rings. The van der Waals surface area contributed by atoms with E-state index in [1.54, 1.807) is 0 Å². The summed E-state index contributed by atoms with van der Waals surface area (Å²) in [6.07, 6.45) is 8.43. The van der Waals surface area contributed by atoms with E-state index in [1.165, 1.54) is 5.56 Å². The average molecular weight is 196 g/mol. The molecule has 74 valence electrons. The van der Waals surface area contributed by atoms with Gasteiger partial charge in [-0.3, -0.25) is 0 Å². The molecular weight excluding hydrogens is 182 g/mol. The number of nitrogens with zero attached hydrogens (tertiary/aromatic N) is 1. The molecule has 0 aliphatic carbocycles. The van der Waals surface area contributed by atoms with E-state index in [4.69, 9.17) is 0 Å². The van der Waals surface area contributed by atoms with Crippen LogP contribution in [0.2, 0.25) is 0 Å². The summed E-state index contributed by atoms with van der Waals surface area (Å²) in [4.78, 5) is 0. The first-order chi connectivity index (χ1) is 7.45. The Morgan fingerprint density at radius 1 is 0.867 bits per heavy atom. The summed E-state index contributed by atoms with van der Waals surface area (Å²) < 4.78 is 2.14. The Morgan fingerprint density at radius 2 is 1.53 bits per heavy atom. The van der Waals surface area contributed by atoms with E-state index >= 15 is 0 Å². The highest BCUT2D eigenvalue weighted by Gasteiger charge is 1.91. The van der Waals surface area contributed by atoms with Crippen molar-refractivity contribution in [3.63, 3.8) is 0 Å². The van der Waals surface area contributed by atoms with Crippen molar-refractivity contribution in [2.75, 3.05) is 0 Å². The Kier molecular flexibility index (Phi) is 3.29. The zero-order valence-electron chi connectivity index (χ0n) is 8.58. The van der Waals surface area contributed by atoms with E-state index in [2.05, 4.69) is 53.4 Å². The molecule has 0 N–H and O–H groups in total. The first kappa shape index (κ1) is 9.66. The average Bonchev–Trinajstić information content (AvgIpc) is 2.32. The van der Waals surface area contributed by atoms with Crippen molar-refractivity contribution in [3.05, 3.63) is 72.6 Å². The number of hydrogen-bond acceptors (Lipinski definition) is 0. The van der Waals surface area contributed by atoms with Crippen LogP contribution in [-0.4, -0.2) is 0 Å². The third kappa shape index (κ3) is 3.06. The number of aromatic nitrogens is 1. The maximum atomic E-state index is 2.16. The molecule has 1 aromatic carbocycles. The first-order valence-corrected chi connectivity index (χ1v) is 5.11. The minimum Gasteiger partial charge on any atom is -0.201 e. The van der Waals surface area contributed by atoms with Crippen molar-refractivity contribution in [3.8, 4) is 0 Å². The molecule has 0 saturated heterocycles. The summed E-state index contributed by atoms with van der Waals surface area (Å²) in [7, 11) is 0. The van der Waals surface area contributed by atoms with Crippen molar-refractivity contribution in [1.82, 2.24) is 0 Å². The summed E-state index contributed by atoms with van der Waals surface area (Å²) in [6, 6.07) is 16.4. The fourth-order valence-electron chi connectivity index (χ4n) is 1.43. The van der Waals surface area contributed by atoms with Gasteiger partial charge in [0.25, 0.3) is 0 Å². The van der Waals surface area contributed by atoms with Gasteiger partial charge >= 0.3 is 0 Å². The lowest BCUT2D eigenvalue weighted by atomic mass is 10.2. The third-order valence-corrected chi connectivity index (χ3v) is 2.20. The highest BCUT2D eigenvalue weighted by molar-refractivity contribution is 5.48. The van der Waals surface area contributed by atoms with Crippen LogP contribution < -0.4 is 4.57 Å². The first-order valence-electron chi connectivity index (χ1n) is 5.11. The van der Waals surface area contributed by atoms with Gasteiger partial charge in [-0.15, -0.1) is 0 Å². The molecule has 0 amide bonds. The molecule has 1 heterocycles. The van der Waals surface area contributed by atoms with Gasteiger partial charge in [0.15, 0.2) is 18.9 Å². The second kappa shape index (κ2) is 5.11. The lowest BCUT2D eigenvalue weighted by Crippen LogP contribution is -2.30. The molecule has 0 atom stereocenters. The largest absolute Gasteiger partial charge is 0.201 e. The molecule has 0 aliphatic heterocycles. The van der Waals surface area contributed by atoms with Crippen LogP contribution in [0.5, 0.6) is 0 Å². The van der Waals surface area contributed by atoms with Crippen LogP contribution in [0.3, 0.4) is 0 Å². The molecule has 0 fully saturated rings. The fraction of sp³-hybridized carbons (Fsp3) is 0.0714. The second-order valence-electron chi connectivity index (χ2n) is 3.39. The second-order valence-corrected chi connectivity index (χ2v) is 3.39. The van der Waals surface area contributed by atoms with Crippen LogP contribution in [-0.2, 0) is 6.54 Å². The molecule has 0 bridgehead atoms. The SMILES string of the molecule is C(=C\c1ccccc1)/C[n+]1ccccc1. The van der Waals surface area contributed by atoms with Gasteiger partial charge in [-0.05, 0) is 11.6 Å². The van der Waals surface area contributed by atoms with E-state index in [0.717, 1.165) is 6.54 Å². The maximum Gasteiger partial charge on any atom is 0.169 e. The molecule has 1 heteroatoms. The lowest BCUT2D eigenvalue weighted by molar-refractivity contribution is -0.686. The Bertz CT molecular complexity index is 418. The molecule has 1 nitrogen and oxygen atoms in total. The zero-order valence-corrected chi connectivity index (χ0v) is 8.58. The minimum absolute atomic E-state index is 0.912. The smallest absolute Gasteiger partial charge is 0.169 e. The Morgan fingerprint density at radius 3 is 2.27 bits per heavy atom. The summed E-state index contributed by atoms with van der Waals surface area (Å²) in [5.41, 5.74) is 1.24. The minimum atomic E-state index is 0.912. The molecule has 0 saturated carbocycles. The predicted octanol–water partition coefficient (Wildman–Crippen LogP) is 2.69.